The van der Waals surface area contributed by atoms with Gasteiger partial charge in [-0.1, -0.05) is 0 Å². The van der Waals surface area contributed by atoms with Crippen LogP contribution in [0.3, 0.4) is 0 Å². The van der Waals surface area contributed by atoms with Gasteiger partial charge in [0.25, 0.3) is 5.56 Å². The summed E-state index contributed by atoms with van der Waals surface area (Å²) in [5.74, 6) is -1.63. The van der Waals surface area contributed by atoms with Gasteiger partial charge in [-0.3, -0.25) is 13.9 Å². The van der Waals surface area contributed by atoms with Crippen molar-refractivity contribution in [2.75, 3.05) is 18.0 Å². The van der Waals surface area contributed by atoms with Gasteiger partial charge in [0, 0.05) is 60.0 Å². The van der Waals surface area contributed by atoms with E-state index in [1.54, 1.807) is 27.1 Å². The lowest BCUT2D eigenvalue weighted by atomic mass is 10.0. The van der Waals surface area contributed by atoms with Crippen molar-refractivity contribution in [2.24, 2.45) is 7.05 Å². The highest BCUT2D eigenvalue weighted by Gasteiger charge is 2.43. The summed E-state index contributed by atoms with van der Waals surface area (Å²) < 4.78 is 65.4. The molecule has 0 saturated carbocycles. The summed E-state index contributed by atoms with van der Waals surface area (Å²) in [6.07, 6.45) is -0.0519. The summed E-state index contributed by atoms with van der Waals surface area (Å²) in [6, 6.07) is 4.52. The number of fused-ring (bicyclic) bond motifs is 1. The molecule has 4 aromatic rings. The van der Waals surface area contributed by atoms with Gasteiger partial charge in [0.2, 0.25) is 0 Å². The van der Waals surface area contributed by atoms with Crippen molar-refractivity contribution in [3.63, 3.8) is 0 Å². The number of morpholine rings is 1. The molecular weight excluding hydrogens is 466 g/mol. The van der Waals surface area contributed by atoms with Gasteiger partial charge < -0.3 is 9.64 Å². The molecule has 0 radical (unpaired) electrons. The van der Waals surface area contributed by atoms with Crippen LogP contribution < -0.4 is 10.5 Å². The lowest BCUT2D eigenvalue weighted by Gasteiger charge is -2.38. The SMILES string of the molecule is Cc1nc2c(-c3ccc(F)cc3F)cc(N3CC(c4cnn(C)c4)OC(F)(F)C3)cn2c(=O)c1C. The Morgan fingerprint density at radius 3 is 2.57 bits per heavy atom. The highest BCUT2D eigenvalue weighted by Crippen LogP contribution is 2.37. The Morgan fingerprint density at radius 1 is 1.11 bits per heavy atom. The van der Waals surface area contributed by atoms with Crippen LogP contribution in [0.25, 0.3) is 16.8 Å². The molecule has 1 fully saturated rings. The van der Waals surface area contributed by atoms with Crippen LogP contribution in [-0.2, 0) is 11.8 Å². The highest BCUT2D eigenvalue weighted by molar-refractivity contribution is 5.81. The zero-order chi connectivity index (χ0) is 25.1. The summed E-state index contributed by atoms with van der Waals surface area (Å²) in [5, 5.41) is 4.03. The van der Waals surface area contributed by atoms with Crippen LogP contribution in [0.1, 0.15) is 22.9 Å². The lowest BCUT2D eigenvalue weighted by molar-refractivity contribution is -0.269. The van der Waals surface area contributed by atoms with Gasteiger partial charge in [-0.25, -0.2) is 13.8 Å². The average molecular weight is 487 g/mol. The average Bonchev–Trinajstić information content (AvgIpc) is 3.23. The molecule has 0 bridgehead atoms. The summed E-state index contributed by atoms with van der Waals surface area (Å²) in [5.41, 5.74) is 1.40. The zero-order valence-electron chi connectivity index (χ0n) is 19.1. The number of rotatable bonds is 3. The van der Waals surface area contributed by atoms with E-state index < -0.39 is 36.0 Å². The minimum atomic E-state index is -3.50. The van der Waals surface area contributed by atoms with Crippen LogP contribution in [0.4, 0.5) is 23.2 Å². The molecular formula is C24H21F4N5O2. The third-order valence-electron chi connectivity index (χ3n) is 6.14. The van der Waals surface area contributed by atoms with E-state index in [0.29, 0.717) is 16.8 Å². The fourth-order valence-electron chi connectivity index (χ4n) is 4.25. The van der Waals surface area contributed by atoms with E-state index in [1.807, 2.05) is 0 Å². The molecule has 4 heterocycles. The number of aromatic nitrogens is 4. The van der Waals surface area contributed by atoms with Crippen molar-refractivity contribution in [2.45, 2.75) is 26.1 Å². The predicted octanol–water partition coefficient (Wildman–Crippen LogP) is 4.16. The van der Waals surface area contributed by atoms with Crippen molar-refractivity contribution in [1.82, 2.24) is 19.2 Å². The van der Waals surface area contributed by atoms with E-state index in [4.69, 9.17) is 4.74 Å². The minimum Gasteiger partial charge on any atom is -0.359 e. The number of halogens is 4. The predicted molar refractivity (Wildman–Crippen MR) is 120 cm³/mol. The third-order valence-corrected chi connectivity index (χ3v) is 6.14. The van der Waals surface area contributed by atoms with Gasteiger partial charge in [-0.15, -0.1) is 0 Å². The summed E-state index contributed by atoms with van der Waals surface area (Å²) >= 11 is 0. The normalized spacial score (nSPS) is 17.8. The van der Waals surface area contributed by atoms with E-state index in [1.165, 1.54) is 38.5 Å². The molecule has 182 valence electrons. The molecule has 11 heteroatoms. The van der Waals surface area contributed by atoms with E-state index in [0.717, 1.165) is 12.1 Å². The molecule has 0 aliphatic carbocycles. The first-order valence-corrected chi connectivity index (χ1v) is 10.8. The van der Waals surface area contributed by atoms with Crippen LogP contribution in [0.2, 0.25) is 0 Å². The van der Waals surface area contributed by atoms with Crippen molar-refractivity contribution in [3.05, 3.63) is 81.7 Å². The summed E-state index contributed by atoms with van der Waals surface area (Å²) in [6.45, 7) is 2.50. The van der Waals surface area contributed by atoms with Crippen molar-refractivity contribution in [3.8, 4) is 11.1 Å². The Kier molecular flexibility index (Phi) is 5.39. The number of pyridine rings is 1. The second-order valence-electron chi connectivity index (χ2n) is 8.63. The van der Waals surface area contributed by atoms with Gasteiger partial charge in [-0.2, -0.15) is 13.9 Å². The Morgan fingerprint density at radius 2 is 1.89 bits per heavy atom. The molecule has 5 rings (SSSR count). The second kappa shape index (κ2) is 8.19. The first-order chi connectivity index (χ1) is 16.5. The first-order valence-electron chi connectivity index (χ1n) is 10.8. The quantitative estimate of drug-likeness (QED) is 0.406. The molecule has 1 unspecified atom stereocenters. The van der Waals surface area contributed by atoms with E-state index >= 15 is 0 Å². The second-order valence-corrected chi connectivity index (χ2v) is 8.63. The topological polar surface area (TPSA) is 64.7 Å². The Balaban J connectivity index is 1.71. The minimum absolute atomic E-state index is 0.00951. The number of ether oxygens (including phenoxy) is 1. The Hall–Kier alpha value is -3.73. The molecule has 35 heavy (non-hydrogen) atoms. The highest BCUT2D eigenvalue weighted by atomic mass is 19.3. The van der Waals surface area contributed by atoms with Crippen LogP contribution in [0.5, 0.6) is 0 Å². The smallest absolute Gasteiger partial charge is 0.359 e. The summed E-state index contributed by atoms with van der Waals surface area (Å²) in [7, 11) is 1.67. The van der Waals surface area contributed by atoms with E-state index in [-0.39, 0.29) is 29.0 Å². The molecule has 0 amide bonds. The number of hydrogen-bond donors (Lipinski definition) is 0. The first kappa shape index (κ1) is 23.0. The molecule has 1 aliphatic heterocycles. The van der Waals surface area contributed by atoms with Crippen molar-refractivity contribution >= 4 is 11.3 Å². The third kappa shape index (κ3) is 4.16. The number of benzene rings is 1. The number of hydrogen-bond acceptors (Lipinski definition) is 5. The zero-order valence-corrected chi connectivity index (χ0v) is 19.1. The van der Waals surface area contributed by atoms with Crippen LogP contribution in [0.15, 0.2) is 47.7 Å². The standard InChI is InChI=1S/C24H21F4N5O2/c1-13-14(2)30-22-19(18-5-4-16(25)6-20(18)26)7-17(10-33(22)23(13)34)32-11-21(35-24(27,28)12-32)15-8-29-31(3)9-15/h4-10,21H,11-12H2,1-3H3. The van der Waals surface area contributed by atoms with Gasteiger partial charge >= 0.3 is 6.11 Å². The fraction of sp³-hybridized carbons (Fsp3) is 0.292. The number of nitrogens with zero attached hydrogens (tertiary/aromatic N) is 5. The van der Waals surface area contributed by atoms with Gasteiger partial charge in [0.05, 0.1) is 11.9 Å². The largest absolute Gasteiger partial charge is 0.373 e. The molecule has 7 nitrogen and oxygen atoms in total. The monoisotopic (exact) mass is 487 g/mol. The van der Waals surface area contributed by atoms with Gasteiger partial charge in [-0.05, 0) is 32.0 Å². The Labute approximate surface area is 197 Å². The maximum Gasteiger partial charge on any atom is 0.373 e. The maximum absolute atomic E-state index is 14.8. The summed E-state index contributed by atoms with van der Waals surface area (Å²) in [4.78, 5) is 18.9. The maximum atomic E-state index is 14.8. The van der Waals surface area contributed by atoms with Gasteiger partial charge in [0.15, 0.2) is 0 Å². The number of aryl methyl sites for hydroxylation is 2. The lowest BCUT2D eigenvalue weighted by Crippen LogP contribution is -2.48. The van der Waals surface area contributed by atoms with Crippen LogP contribution in [-0.4, -0.2) is 38.4 Å². The molecule has 0 spiro atoms. The molecule has 3 aromatic heterocycles. The molecule has 1 aromatic carbocycles. The molecule has 1 saturated heterocycles. The molecule has 1 aliphatic rings. The Bertz CT molecular complexity index is 1510. The molecule has 1 atom stereocenters. The van der Waals surface area contributed by atoms with E-state index in [2.05, 4.69) is 10.1 Å². The molecule has 0 N–H and O–H groups in total. The van der Waals surface area contributed by atoms with Crippen molar-refractivity contribution in [1.29, 1.82) is 0 Å². The van der Waals surface area contributed by atoms with E-state index in [9.17, 15) is 22.4 Å². The van der Waals surface area contributed by atoms with Crippen molar-refractivity contribution < 1.29 is 22.3 Å². The number of anilines is 1. The van der Waals surface area contributed by atoms with Crippen LogP contribution in [0, 0.1) is 25.5 Å². The number of alkyl halides is 2. The van der Waals surface area contributed by atoms with Gasteiger partial charge in [0.1, 0.15) is 29.9 Å². The van der Waals surface area contributed by atoms with Crippen LogP contribution >= 0.6 is 0 Å². The fourth-order valence-corrected chi connectivity index (χ4v) is 4.25.